The third kappa shape index (κ3) is 5.32. The van der Waals surface area contributed by atoms with Crippen molar-refractivity contribution in [2.24, 2.45) is 5.73 Å². The summed E-state index contributed by atoms with van der Waals surface area (Å²) in [4.78, 5) is 23.2. The molecule has 3 N–H and O–H groups in total. The van der Waals surface area contributed by atoms with E-state index >= 15 is 0 Å². The molecular formula is C23H27N5O2S. The van der Waals surface area contributed by atoms with Crippen LogP contribution < -0.4 is 11.1 Å². The lowest BCUT2D eigenvalue weighted by atomic mass is 9.87. The summed E-state index contributed by atoms with van der Waals surface area (Å²) in [6.07, 6.45) is 0. The molecule has 7 nitrogen and oxygen atoms in total. The summed E-state index contributed by atoms with van der Waals surface area (Å²) in [6.45, 7) is 10.2. The van der Waals surface area contributed by atoms with Gasteiger partial charge in [0.1, 0.15) is 0 Å². The molecule has 1 atom stereocenters. The van der Waals surface area contributed by atoms with Gasteiger partial charge in [0.25, 0.3) is 0 Å². The number of primary amides is 1. The predicted octanol–water partition coefficient (Wildman–Crippen LogP) is 4.22. The van der Waals surface area contributed by atoms with Crippen molar-refractivity contribution in [2.75, 3.05) is 0 Å². The second-order valence-corrected chi connectivity index (χ2v) is 9.73. The number of carbonyl (C=O) groups is 2. The lowest BCUT2D eigenvalue weighted by Gasteiger charge is -2.19. The van der Waals surface area contributed by atoms with Crippen molar-refractivity contribution in [2.45, 2.75) is 50.4 Å². The van der Waals surface area contributed by atoms with Gasteiger partial charge in [-0.05, 0) is 37.0 Å². The van der Waals surface area contributed by atoms with Gasteiger partial charge in [-0.25, -0.2) is 4.79 Å². The summed E-state index contributed by atoms with van der Waals surface area (Å²) >= 11 is 1.21. The third-order valence-corrected chi connectivity index (χ3v) is 5.88. The SMILES string of the molecule is Cc1ccc(-n2c(SC(C)C(=O)NC(N)=O)nnc2-c2ccc(C(C)(C)C)cc2)cc1. The Kier molecular flexibility index (Phi) is 6.50. The van der Waals surface area contributed by atoms with Gasteiger partial charge in [-0.2, -0.15) is 0 Å². The Morgan fingerprint density at radius 2 is 1.65 bits per heavy atom. The normalized spacial score (nSPS) is 12.4. The summed E-state index contributed by atoms with van der Waals surface area (Å²) in [6, 6.07) is 15.4. The molecule has 0 spiro atoms. The highest BCUT2D eigenvalue weighted by atomic mass is 32.2. The lowest BCUT2D eigenvalue weighted by molar-refractivity contribution is -0.119. The van der Waals surface area contributed by atoms with E-state index in [0.717, 1.165) is 16.8 Å². The van der Waals surface area contributed by atoms with Crippen molar-refractivity contribution in [1.82, 2.24) is 20.1 Å². The molecular weight excluding hydrogens is 410 g/mol. The molecule has 0 radical (unpaired) electrons. The molecule has 0 bridgehead atoms. The van der Waals surface area contributed by atoms with Gasteiger partial charge < -0.3 is 5.73 Å². The van der Waals surface area contributed by atoms with Crippen molar-refractivity contribution in [3.63, 3.8) is 0 Å². The fourth-order valence-electron chi connectivity index (χ4n) is 3.01. The van der Waals surface area contributed by atoms with Crippen LogP contribution in [-0.2, 0) is 10.2 Å². The maximum atomic E-state index is 12.2. The minimum absolute atomic E-state index is 0.0490. The zero-order valence-corrected chi connectivity index (χ0v) is 19.2. The molecule has 0 aliphatic rings. The summed E-state index contributed by atoms with van der Waals surface area (Å²) < 4.78 is 1.92. The van der Waals surface area contributed by atoms with Crippen LogP contribution in [0.15, 0.2) is 53.7 Å². The Bertz CT molecular complexity index is 1080. The first-order chi connectivity index (χ1) is 14.6. The van der Waals surface area contributed by atoms with Crippen LogP contribution in [-0.4, -0.2) is 32.0 Å². The maximum absolute atomic E-state index is 12.2. The monoisotopic (exact) mass is 437 g/mol. The molecule has 0 fully saturated rings. The Balaban J connectivity index is 2.03. The van der Waals surface area contributed by atoms with Gasteiger partial charge >= 0.3 is 6.03 Å². The number of nitrogens with zero attached hydrogens (tertiary/aromatic N) is 3. The maximum Gasteiger partial charge on any atom is 0.318 e. The highest BCUT2D eigenvalue weighted by molar-refractivity contribution is 8.00. The molecule has 1 heterocycles. The predicted molar refractivity (Wildman–Crippen MR) is 123 cm³/mol. The quantitative estimate of drug-likeness (QED) is 0.582. The van der Waals surface area contributed by atoms with Gasteiger partial charge in [0.05, 0.1) is 5.25 Å². The molecule has 0 saturated carbocycles. The van der Waals surface area contributed by atoms with Crippen molar-refractivity contribution < 1.29 is 9.59 Å². The van der Waals surface area contributed by atoms with Gasteiger partial charge in [0, 0.05) is 11.3 Å². The average Bonchev–Trinajstić information content (AvgIpc) is 3.11. The number of hydrogen-bond donors (Lipinski definition) is 2. The Hall–Kier alpha value is -3.13. The fraction of sp³-hybridized carbons (Fsp3) is 0.304. The number of amides is 3. The number of nitrogens with two attached hydrogens (primary N) is 1. The van der Waals surface area contributed by atoms with Crippen LogP contribution in [0.2, 0.25) is 0 Å². The highest BCUT2D eigenvalue weighted by Crippen LogP contribution is 2.31. The van der Waals surface area contributed by atoms with Gasteiger partial charge in [-0.1, -0.05) is 74.5 Å². The van der Waals surface area contributed by atoms with E-state index in [2.05, 4.69) is 48.4 Å². The van der Waals surface area contributed by atoms with E-state index in [1.54, 1.807) is 6.92 Å². The first-order valence-electron chi connectivity index (χ1n) is 9.96. The van der Waals surface area contributed by atoms with Crippen molar-refractivity contribution in [3.8, 4) is 17.1 Å². The molecule has 3 aromatic rings. The van der Waals surface area contributed by atoms with Crippen LogP contribution in [0.3, 0.4) is 0 Å². The second kappa shape index (κ2) is 8.93. The number of benzene rings is 2. The molecule has 3 amide bonds. The third-order valence-electron chi connectivity index (χ3n) is 4.83. The molecule has 162 valence electrons. The topological polar surface area (TPSA) is 103 Å². The average molecular weight is 438 g/mol. The fourth-order valence-corrected chi connectivity index (χ4v) is 3.88. The Morgan fingerprint density at radius 3 is 2.19 bits per heavy atom. The first kappa shape index (κ1) is 22.6. The van der Waals surface area contributed by atoms with Crippen LogP contribution in [0.4, 0.5) is 4.79 Å². The van der Waals surface area contributed by atoms with E-state index in [-0.39, 0.29) is 5.41 Å². The van der Waals surface area contributed by atoms with E-state index in [0.29, 0.717) is 11.0 Å². The van der Waals surface area contributed by atoms with Gasteiger partial charge in [-0.3, -0.25) is 14.7 Å². The van der Waals surface area contributed by atoms with E-state index in [1.165, 1.54) is 17.3 Å². The number of aryl methyl sites for hydroxylation is 1. The van der Waals surface area contributed by atoms with E-state index in [1.807, 2.05) is 47.9 Å². The molecule has 1 aromatic heterocycles. The summed E-state index contributed by atoms with van der Waals surface area (Å²) in [5.74, 6) is 0.196. The number of carbonyl (C=O) groups excluding carboxylic acids is 2. The smallest absolute Gasteiger partial charge is 0.318 e. The van der Waals surface area contributed by atoms with Gasteiger partial charge in [-0.15, -0.1) is 10.2 Å². The van der Waals surface area contributed by atoms with Crippen LogP contribution in [0.25, 0.3) is 17.1 Å². The molecule has 1 unspecified atom stereocenters. The number of nitrogens with one attached hydrogen (secondary N) is 1. The zero-order valence-electron chi connectivity index (χ0n) is 18.3. The lowest BCUT2D eigenvalue weighted by Crippen LogP contribution is -2.39. The van der Waals surface area contributed by atoms with Gasteiger partial charge in [0.15, 0.2) is 11.0 Å². The van der Waals surface area contributed by atoms with E-state index in [4.69, 9.17) is 5.73 Å². The van der Waals surface area contributed by atoms with Crippen LogP contribution in [0, 0.1) is 6.92 Å². The number of hydrogen-bond acceptors (Lipinski definition) is 5. The van der Waals surface area contributed by atoms with E-state index in [9.17, 15) is 9.59 Å². The summed E-state index contributed by atoms with van der Waals surface area (Å²) in [5.41, 5.74) is 9.28. The summed E-state index contributed by atoms with van der Waals surface area (Å²) in [7, 11) is 0. The molecule has 0 saturated heterocycles. The highest BCUT2D eigenvalue weighted by Gasteiger charge is 2.23. The molecule has 0 aliphatic carbocycles. The van der Waals surface area contributed by atoms with Crippen LogP contribution >= 0.6 is 11.8 Å². The second-order valence-electron chi connectivity index (χ2n) is 8.42. The summed E-state index contributed by atoms with van der Waals surface area (Å²) in [5, 5.41) is 10.8. The molecule has 8 heteroatoms. The minimum atomic E-state index is -0.878. The molecule has 3 rings (SSSR count). The minimum Gasteiger partial charge on any atom is -0.351 e. The van der Waals surface area contributed by atoms with Crippen molar-refractivity contribution in [3.05, 3.63) is 59.7 Å². The standard InChI is InChI=1S/C23H27N5O2S/c1-14-6-12-18(13-7-14)28-19(16-8-10-17(11-9-16)23(3,4)5)26-27-22(28)31-15(2)20(29)25-21(24)30/h6-13,15H,1-5H3,(H3,24,25,29,30). The number of rotatable bonds is 5. The zero-order chi connectivity index (χ0) is 22.8. The number of urea groups is 1. The largest absolute Gasteiger partial charge is 0.351 e. The molecule has 0 aliphatic heterocycles. The Morgan fingerprint density at radius 1 is 1.03 bits per heavy atom. The van der Waals surface area contributed by atoms with Gasteiger partial charge in [0.2, 0.25) is 5.91 Å². The number of imide groups is 1. The van der Waals surface area contributed by atoms with Crippen molar-refractivity contribution >= 4 is 23.7 Å². The Labute approximate surface area is 186 Å². The van der Waals surface area contributed by atoms with Crippen molar-refractivity contribution in [1.29, 1.82) is 0 Å². The molecule has 31 heavy (non-hydrogen) atoms. The number of thioether (sulfide) groups is 1. The number of aromatic nitrogens is 3. The molecule has 2 aromatic carbocycles. The first-order valence-corrected chi connectivity index (χ1v) is 10.8. The van der Waals surface area contributed by atoms with E-state index < -0.39 is 17.2 Å². The van der Waals surface area contributed by atoms with Crippen LogP contribution in [0.1, 0.15) is 38.8 Å². The van der Waals surface area contributed by atoms with Crippen LogP contribution in [0.5, 0.6) is 0 Å².